The largest absolute Gasteiger partial charge is 0.497 e. The first-order valence-corrected chi connectivity index (χ1v) is 22.8. The third-order valence-corrected chi connectivity index (χ3v) is 17.3. The van der Waals surface area contributed by atoms with Crippen LogP contribution in [0.2, 0.25) is 18.6 Å². The van der Waals surface area contributed by atoms with Gasteiger partial charge in [0.1, 0.15) is 11.5 Å². The van der Waals surface area contributed by atoms with Crippen LogP contribution in [0.25, 0.3) is 0 Å². The quantitative estimate of drug-likeness (QED) is 0.199. The van der Waals surface area contributed by atoms with E-state index in [0.717, 1.165) is 45.8 Å². The Balaban J connectivity index is 1.18. The second-order valence-electron chi connectivity index (χ2n) is 16.3. The van der Waals surface area contributed by atoms with Crippen LogP contribution in [0.3, 0.4) is 0 Å². The van der Waals surface area contributed by atoms with Crippen LogP contribution in [0.15, 0.2) is 91.0 Å². The van der Waals surface area contributed by atoms with E-state index >= 15 is 4.79 Å². The fourth-order valence-electron chi connectivity index (χ4n) is 9.99. The number of aliphatic hydroxyl groups is 1. The van der Waals surface area contributed by atoms with Crippen LogP contribution in [-0.4, -0.2) is 75.3 Å². The molecule has 0 aromatic heterocycles. The lowest BCUT2D eigenvalue weighted by Gasteiger charge is -2.39. The van der Waals surface area contributed by atoms with E-state index in [4.69, 9.17) is 14.2 Å². The predicted octanol–water partition coefficient (Wildman–Crippen LogP) is 5.93. The number of anilines is 2. The van der Waals surface area contributed by atoms with Gasteiger partial charge in [0.2, 0.25) is 11.8 Å². The molecule has 2 saturated heterocycles. The summed E-state index contributed by atoms with van der Waals surface area (Å²) in [5.74, 6) is 0.945. The maximum absolute atomic E-state index is 15.4. The molecule has 0 unspecified atom stereocenters. The average Bonchev–Trinajstić information content (AvgIpc) is 3.85. The van der Waals surface area contributed by atoms with E-state index in [1.54, 1.807) is 19.1 Å². The molecule has 4 aliphatic heterocycles. The standard InChI is InChI=1S/C45H51N3O7Si/c1-29-43(56(4,5)37-19-16-35(53-2)17-20-37)40(25-42(51)47-27-32-10-7-6-9-31(32)23-34(47)28-49)55-45(29)38-24-36(54-3)18-21-39(38)48(44(45)52)26-30-12-14-33(15-13-30)46-22-8-11-41(46)50/h6-7,9-10,12-21,24,29,34,40,43,49H,8,11,22-23,25-28H2,1-5H3/t29-,34+,40+,43-,45+/m1/s1. The smallest absolute Gasteiger partial charge is 0.264 e. The van der Waals surface area contributed by atoms with Crippen LogP contribution in [0.4, 0.5) is 11.4 Å². The zero-order valence-corrected chi connectivity index (χ0v) is 33.9. The van der Waals surface area contributed by atoms with Gasteiger partial charge in [-0.05, 0) is 77.5 Å². The summed E-state index contributed by atoms with van der Waals surface area (Å²) in [6.45, 7) is 8.02. The minimum atomic E-state index is -2.53. The fourth-order valence-corrected chi connectivity index (χ4v) is 14.0. The van der Waals surface area contributed by atoms with E-state index in [0.29, 0.717) is 38.2 Å². The summed E-state index contributed by atoms with van der Waals surface area (Å²) in [6.07, 6.45) is 1.48. The van der Waals surface area contributed by atoms with Crippen molar-refractivity contribution < 1.29 is 33.7 Å². The third-order valence-electron chi connectivity index (χ3n) is 13.0. The van der Waals surface area contributed by atoms with Crippen LogP contribution < -0.4 is 24.5 Å². The fraction of sp³-hybridized carbons (Fsp3) is 0.400. The normalized spacial score (nSPS) is 24.5. The first-order chi connectivity index (χ1) is 27.0. The number of hydrogen-bond acceptors (Lipinski definition) is 7. The molecular weight excluding hydrogens is 723 g/mol. The number of nitrogens with zero attached hydrogens (tertiary/aromatic N) is 3. The van der Waals surface area contributed by atoms with Crippen molar-refractivity contribution in [2.24, 2.45) is 5.92 Å². The van der Waals surface area contributed by atoms with Gasteiger partial charge < -0.3 is 34.0 Å². The third kappa shape index (κ3) is 6.30. The molecule has 2 fully saturated rings. The molecule has 0 aliphatic carbocycles. The minimum Gasteiger partial charge on any atom is -0.497 e. The molecule has 0 radical (unpaired) electrons. The predicted molar refractivity (Wildman–Crippen MR) is 218 cm³/mol. The van der Waals surface area contributed by atoms with Gasteiger partial charge in [-0.25, -0.2) is 0 Å². The second kappa shape index (κ2) is 14.8. The highest BCUT2D eigenvalue weighted by molar-refractivity contribution is 6.91. The summed E-state index contributed by atoms with van der Waals surface area (Å²) in [5, 5.41) is 11.7. The van der Waals surface area contributed by atoms with Gasteiger partial charge >= 0.3 is 0 Å². The van der Waals surface area contributed by atoms with Crippen LogP contribution in [0.5, 0.6) is 11.5 Å². The molecule has 56 heavy (non-hydrogen) atoms. The highest BCUT2D eigenvalue weighted by Gasteiger charge is 2.66. The Labute approximate surface area is 330 Å². The van der Waals surface area contributed by atoms with E-state index in [-0.39, 0.29) is 48.3 Å². The number of aliphatic hydroxyl groups excluding tert-OH is 1. The molecule has 10 nitrogen and oxygen atoms in total. The lowest BCUT2D eigenvalue weighted by molar-refractivity contribution is -0.151. The highest BCUT2D eigenvalue weighted by Crippen LogP contribution is 2.60. The molecule has 0 saturated carbocycles. The Morgan fingerprint density at radius 1 is 0.929 bits per heavy atom. The molecule has 1 spiro atoms. The SMILES string of the molecule is COc1ccc([Si](C)(C)[C@H]2[C@H](CC(=O)N3Cc4ccccc4C[C@H]3CO)O[C@@]3(C(=O)N(Cc4ccc(N5CCCC5=O)cc4)c4ccc(OC)cc43)[C@@H]2C)cc1. The van der Waals surface area contributed by atoms with Crippen molar-refractivity contribution in [1.82, 2.24) is 4.90 Å². The summed E-state index contributed by atoms with van der Waals surface area (Å²) in [7, 11) is 0.741. The van der Waals surface area contributed by atoms with Crippen LogP contribution in [-0.2, 0) is 44.2 Å². The molecule has 4 aromatic rings. The first kappa shape index (κ1) is 37.9. The Kier molecular flexibility index (Phi) is 10.0. The van der Waals surface area contributed by atoms with E-state index in [1.165, 1.54) is 5.19 Å². The summed E-state index contributed by atoms with van der Waals surface area (Å²) in [6, 6.07) is 29.5. The van der Waals surface area contributed by atoms with Gasteiger partial charge in [-0.15, -0.1) is 0 Å². The van der Waals surface area contributed by atoms with Crippen molar-refractivity contribution in [3.05, 3.63) is 113 Å². The van der Waals surface area contributed by atoms with Gasteiger partial charge in [0, 0.05) is 36.7 Å². The van der Waals surface area contributed by atoms with E-state index < -0.39 is 19.8 Å². The summed E-state index contributed by atoms with van der Waals surface area (Å²) >= 11 is 0. The average molecular weight is 774 g/mol. The van der Waals surface area contributed by atoms with Gasteiger partial charge in [0.15, 0.2) is 5.60 Å². The van der Waals surface area contributed by atoms with Crippen molar-refractivity contribution in [2.45, 2.75) is 82.1 Å². The van der Waals surface area contributed by atoms with E-state index in [1.807, 2.05) is 82.6 Å². The lowest BCUT2D eigenvalue weighted by atomic mass is 9.82. The Hall–Kier alpha value is -4.97. The molecule has 3 amide bonds. The Morgan fingerprint density at radius 2 is 1.62 bits per heavy atom. The molecule has 4 aliphatic rings. The minimum absolute atomic E-state index is 0.0747. The number of amides is 3. The molecule has 8 rings (SSSR count). The topological polar surface area (TPSA) is 109 Å². The number of hydrogen-bond donors (Lipinski definition) is 1. The van der Waals surface area contributed by atoms with Crippen molar-refractivity contribution in [2.75, 3.05) is 37.2 Å². The lowest BCUT2D eigenvalue weighted by Crippen LogP contribution is -2.52. The first-order valence-electron chi connectivity index (χ1n) is 19.7. The van der Waals surface area contributed by atoms with E-state index in [2.05, 4.69) is 38.2 Å². The highest BCUT2D eigenvalue weighted by atomic mass is 28.3. The summed E-state index contributed by atoms with van der Waals surface area (Å²) in [5.41, 5.74) is 3.99. The zero-order chi connectivity index (χ0) is 39.4. The van der Waals surface area contributed by atoms with Gasteiger partial charge in [0.25, 0.3) is 5.91 Å². The summed E-state index contributed by atoms with van der Waals surface area (Å²) in [4.78, 5) is 47.8. The van der Waals surface area contributed by atoms with Crippen molar-refractivity contribution in [3.63, 3.8) is 0 Å². The van der Waals surface area contributed by atoms with Crippen LogP contribution >= 0.6 is 0 Å². The van der Waals surface area contributed by atoms with Crippen LogP contribution in [0.1, 0.15) is 48.4 Å². The number of carbonyl (C=O) groups is 3. The molecule has 292 valence electrons. The molecular formula is C45H51N3O7Si. The van der Waals surface area contributed by atoms with E-state index in [9.17, 15) is 14.7 Å². The molecule has 1 N–H and O–H groups in total. The van der Waals surface area contributed by atoms with Crippen molar-refractivity contribution in [1.29, 1.82) is 0 Å². The number of carbonyl (C=O) groups excluding carboxylic acids is 3. The Morgan fingerprint density at radius 3 is 2.29 bits per heavy atom. The van der Waals surface area contributed by atoms with Gasteiger partial charge in [0.05, 0.1) is 59.7 Å². The molecule has 4 aromatic carbocycles. The number of methoxy groups -OCH3 is 2. The van der Waals surface area contributed by atoms with Gasteiger partial charge in [-0.3, -0.25) is 14.4 Å². The van der Waals surface area contributed by atoms with Crippen molar-refractivity contribution in [3.8, 4) is 11.5 Å². The number of fused-ring (bicyclic) bond motifs is 3. The summed E-state index contributed by atoms with van der Waals surface area (Å²) < 4.78 is 18.5. The molecule has 4 heterocycles. The van der Waals surface area contributed by atoms with Gasteiger partial charge in [-0.1, -0.05) is 73.7 Å². The zero-order valence-electron chi connectivity index (χ0n) is 32.9. The molecule has 5 atom stereocenters. The number of ether oxygens (including phenoxy) is 3. The van der Waals surface area contributed by atoms with Gasteiger partial charge in [-0.2, -0.15) is 0 Å². The molecule has 0 bridgehead atoms. The Bertz CT molecular complexity index is 2140. The maximum Gasteiger partial charge on any atom is 0.264 e. The monoisotopic (exact) mass is 773 g/mol. The van der Waals surface area contributed by atoms with Crippen molar-refractivity contribution >= 4 is 42.4 Å². The van der Waals surface area contributed by atoms with Crippen LogP contribution in [0, 0.1) is 5.92 Å². The maximum atomic E-state index is 15.4. The second-order valence-corrected chi connectivity index (χ2v) is 21.0. The molecule has 11 heteroatoms. The number of rotatable bonds is 10. The number of benzene rings is 4.